The van der Waals surface area contributed by atoms with Crippen LogP contribution in [0.4, 0.5) is 4.39 Å². The molecule has 19 heavy (non-hydrogen) atoms. The van der Waals surface area contributed by atoms with Crippen LogP contribution in [0.3, 0.4) is 0 Å². The number of H-pyrrole nitrogens is 1. The van der Waals surface area contributed by atoms with Gasteiger partial charge < -0.3 is 10.1 Å². The first-order chi connectivity index (χ1) is 8.83. The van der Waals surface area contributed by atoms with E-state index in [9.17, 15) is 14.3 Å². The molecule has 2 rings (SSSR count). The lowest BCUT2D eigenvalue weighted by Gasteiger charge is -2.27. The highest BCUT2D eigenvalue weighted by molar-refractivity contribution is 5.77. The van der Waals surface area contributed by atoms with Gasteiger partial charge in [0.15, 0.2) is 0 Å². The first kappa shape index (κ1) is 13.5. The monoisotopic (exact) mass is 264 g/mol. The maximum absolute atomic E-state index is 13.1. The summed E-state index contributed by atoms with van der Waals surface area (Å²) in [7, 11) is 0. The van der Waals surface area contributed by atoms with E-state index in [4.69, 9.17) is 0 Å². The van der Waals surface area contributed by atoms with Crippen LogP contribution in [0.1, 0.15) is 26.6 Å². The fourth-order valence-electron chi connectivity index (χ4n) is 1.99. The normalized spacial score (nSPS) is 14.8. The van der Waals surface area contributed by atoms with Gasteiger partial charge in [0, 0.05) is 6.42 Å². The van der Waals surface area contributed by atoms with Gasteiger partial charge in [-0.05, 0) is 31.0 Å². The Morgan fingerprint density at radius 2 is 2.21 bits per heavy atom. The Morgan fingerprint density at radius 1 is 1.53 bits per heavy atom. The minimum absolute atomic E-state index is 0.0325. The molecule has 0 aliphatic carbocycles. The molecule has 0 fully saturated rings. The van der Waals surface area contributed by atoms with Crippen molar-refractivity contribution in [3.8, 4) is 0 Å². The third-order valence-electron chi connectivity index (χ3n) is 3.79. The number of carboxylic acid groups (broad SMARTS) is 1. The lowest BCUT2D eigenvalue weighted by atomic mass is 9.76. The third-order valence-corrected chi connectivity index (χ3v) is 3.79. The molecule has 0 aliphatic rings. The van der Waals surface area contributed by atoms with Crippen molar-refractivity contribution in [1.29, 1.82) is 0 Å². The molecule has 1 atom stereocenters. The lowest BCUT2D eigenvalue weighted by molar-refractivity contribution is -0.150. The van der Waals surface area contributed by atoms with Crippen molar-refractivity contribution in [2.24, 2.45) is 11.3 Å². The van der Waals surface area contributed by atoms with Gasteiger partial charge in [0.05, 0.1) is 16.4 Å². The molecule has 0 aliphatic heterocycles. The maximum atomic E-state index is 13.1. The summed E-state index contributed by atoms with van der Waals surface area (Å²) in [5.41, 5.74) is 0.339. The first-order valence-electron chi connectivity index (χ1n) is 6.20. The molecule has 5 heteroatoms. The second-order valence-corrected chi connectivity index (χ2v) is 5.40. The number of halogens is 1. The Kier molecular flexibility index (Phi) is 3.30. The molecule has 1 unspecified atom stereocenters. The van der Waals surface area contributed by atoms with Crippen LogP contribution in [0, 0.1) is 17.2 Å². The second-order valence-electron chi connectivity index (χ2n) is 5.40. The van der Waals surface area contributed by atoms with Crippen LogP contribution >= 0.6 is 0 Å². The number of nitrogens with zero attached hydrogens (tertiary/aromatic N) is 1. The number of carboxylic acids is 1. The lowest BCUT2D eigenvalue weighted by Crippen LogP contribution is -2.35. The minimum Gasteiger partial charge on any atom is -0.481 e. The number of hydrogen-bond donors (Lipinski definition) is 2. The third kappa shape index (κ3) is 2.45. The molecule has 1 aromatic carbocycles. The predicted molar refractivity (Wildman–Crippen MR) is 70.3 cm³/mol. The molecule has 0 radical (unpaired) electrons. The first-order valence-corrected chi connectivity index (χ1v) is 6.20. The summed E-state index contributed by atoms with van der Waals surface area (Å²) in [4.78, 5) is 18.7. The smallest absolute Gasteiger partial charge is 0.310 e. The zero-order chi connectivity index (χ0) is 14.2. The Hall–Kier alpha value is -1.91. The summed E-state index contributed by atoms with van der Waals surface area (Å²) >= 11 is 0. The highest BCUT2D eigenvalue weighted by Crippen LogP contribution is 2.31. The second kappa shape index (κ2) is 4.64. The average Bonchev–Trinajstić information content (AvgIpc) is 2.69. The van der Waals surface area contributed by atoms with Gasteiger partial charge >= 0.3 is 5.97 Å². The Balaban J connectivity index is 2.37. The van der Waals surface area contributed by atoms with Gasteiger partial charge in [-0.25, -0.2) is 9.37 Å². The summed E-state index contributed by atoms with van der Waals surface area (Å²) in [5, 5.41) is 9.38. The van der Waals surface area contributed by atoms with Crippen LogP contribution in [-0.4, -0.2) is 21.0 Å². The number of hydrogen-bond acceptors (Lipinski definition) is 2. The largest absolute Gasteiger partial charge is 0.481 e. The molecule has 1 heterocycles. The summed E-state index contributed by atoms with van der Waals surface area (Å²) in [6, 6.07) is 4.28. The van der Waals surface area contributed by atoms with E-state index in [1.165, 1.54) is 12.1 Å². The number of carbonyl (C=O) groups is 1. The standard InChI is InChI=1S/C14H17FN2O2/c1-8(2)14(3,13(18)19)7-12-16-10-5-4-9(15)6-11(10)17-12/h4-6,8H,7H2,1-3H3,(H,16,17)(H,18,19). The van der Waals surface area contributed by atoms with Gasteiger partial charge in [0.25, 0.3) is 0 Å². The van der Waals surface area contributed by atoms with Crippen LogP contribution in [0.5, 0.6) is 0 Å². The molecule has 2 N–H and O–H groups in total. The minimum atomic E-state index is -0.896. The number of fused-ring (bicyclic) bond motifs is 1. The van der Waals surface area contributed by atoms with Crippen LogP contribution in [0.2, 0.25) is 0 Å². The molecular formula is C14H17FN2O2. The molecule has 0 saturated carbocycles. The summed E-state index contributed by atoms with van der Waals surface area (Å²) in [5.74, 6) is -0.657. The van der Waals surface area contributed by atoms with E-state index in [0.29, 0.717) is 16.9 Å². The SMILES string of the molecule is CC(C)C(C)(Cc1nc2ccc(F)cc2[nH]1)C(=O)O. The van der Waals surface area contributed by atoms with Crippen molar-refractivity contribution in [1.82, 2.24) is 9.97 Å². The summed E-state index contributed by atoms with van der Waals surface area (Å²) in [6.45, 7) is 5.45. The number of aliphatic carboxylic acids is 1. The number of aromatic amines is 1. The molecule has 0 amide bonds. The number of nitrogens with one attached hydrogen (secondary N) is 1. The van der Waals surface area contributed by atoms with Crippen molar-refractivity contribution in [2.45, 2.75) is 27.2 Å². The molecule has 2 aromatic rings. The zero-order valence-corrected chi connectivity index (χ0v) is 11.2. The van der Waals surface area contributed by atoms with Gasteiger partial charge in [0.1, 0.15) is 11.6 Å². The van der Waals surface area contributed by atoms with Gasteiger partial charge in [-0.2, -0.15) is 0 Å². The van der Waals surface area contributed by atoms with E-state index in [0.717, 1.165) is 0 Å². The molecule has 102 valence electrons. The topological polar surface area (TPSA) is 66.0 Å². The summed E-state index contributed by atoms with van der Waals surface area (Å²) < 4.78 is 13.1. The zero-order valence-electron chi connectivity index (χ0n) is 11.2. The van der Waals surface area contributed by atoms with Crippen molar-refractivity contribution in [3.63, 3.8) is 0 Å². The highest BCUT2D eigenvalue weighted by Gasteiger charge is 2.37. The van der Waals surface area contributed by atoms with E-state index in [1.807, 2.05) is 13.8 Å². The average molecular weight is 264 g/mol. The van der Waals surface area contributed by atoms with E-state index < -0.39 is 11.4 Å². The highest BCUT2D eigenvalue weighted by atomic mass is 19.1. The number of rotatable bonds is 4. The van der Waals surface area contributed by atoms with Crippen LogP contribution in [-0.2, 0) is 11.2 Å². The quantitative estimate of drug-likeness (QED) is 0.892. The number of aromatic nitrogens is 2. The fraction of sp³-hybridized carbons (Fsp3) is 0.429. The fourth-order valence-corrected chi connectivity index (χ4v) is 1.99. The molecule has 0 saturated heterocycles. The van der Waals surface area contributed by atoms with E-state index in [2.05, 4.69) is 9.97 Å². The summed E-state index contributed by atoms with van der Waals surface area (Å²) in [6.07, 6.45) is 0.288. The molecule has 0 bridgehead atoms. The van der Waals surface area contributed by atoms with Crippen molar-refractivity contribution < 1.29 is 14.3 Å². The van der Waals surface area contributed by atoms with E-state index >= 15 is 0 Å². The predicted octanol–water partition coefficient (Wildman–Crippen LogP) is 2.99. The van der Waals surface area contributed by atoms with Crippen molar-refractivity contribution in [3.05, 3.63) is 29.8 Å². The molecule has 1 aromatic heterocycles. The van der Waals surface area contributed by atoms with Crippen LogP contribution in [0.15, 0.2) is 18.2 Å². The Morgan fingerprint density at radius 3 is 2.79 bits per heavy atom. The molecule has 0 spiro atoms. The van der Waals surface area contributed by atoms with Crippen LogP contribution in [0.25, 0.3) is 11.0 Å². The van der Waals surface area contributed by atoms with E-state index in [1.54, 1.807) is 13.0 Å². The van der Waals surface area contributed by atoms with Crippen LogP contribution < -0.4 is 0 Å². The van der Waals surface area contributed by atoms with Gasteiger partial charge in [-0.15, -0.1) is 0 Å². The molecule has 4 nitrogen and oxygen atoms in total. The van der Waals surface area contributed by atoms with Crippen molar-refractivity contribution >= 4 is 17.0 Å². The van der Waals surface area contributed by atoms with Crippen molar-refractivity contribution in [2.75, 3.05) is 0 Å². The van der Waals surface area contributed by atoms with Gasteiger partial charge in [-0.3, -0.25) is 4.79 Å². The Labute approximate surface area is 110 Å². The van der Waals surface area contributed by atoms with E-state index in [-0.39, 0.29) is 18.2 Å². The number of benzene rings is 1. The van der Waals surface area contributed by atoms with Gasteiger partial charge in [-0.1, -0.05) is 13.8 Å². The molecular weight excluding hydrogens is 247 g/mol. The van der Waals surface area contributed by atoms with Gasteiger partial charge in [0.2, 0.25) is 0 Å². The maximum Gasteiger partial charge on any atom is 0.310 e. The Bertz CT molecular complexity index is 621. The number of imidazole rings is 1.